The molecule has 0 aliphatic carbocycles. The molecule has 1 aromatic carbocycles. The van der Waals surface area contributed by atoms with Gasteiger partial charge in [0, 0.05) is 12.0 Å². The molecule has 0 aromatic heterocycles. The number of ether oxygens (including phenoxy) is 1. The lowest BCUT2D eigenvalue weighted by Gasteiger charge is -2.11. The van der Waals surface area contributed by atoms with Crippen LogP contribution in [0.2, 0.25) is 0 Å². The summed E-state index contributed by atoms with van der Waals surface area (Å²) < 4.78 is 5.21. The van der Waals surface area contributed by atoms with Gasteiger partial charge in [-0.2, -0.15) is 0 Å². The van der Waals surface area contributed by atoms with Crippen molar-refractivity contribution in [2.75, 3.05) is 7.11 Å². The Morgan fingerprint density at radius 2 is 2.18 bits per heavy atom. The molecule has 1 aromatic rings. The number of methoxy groups -OCH3 is 1. The van der Waals surface area contributed by atoms with E-state index in [1.165, 1.54) is 0 Å². The topological polar surface area (TPSA) is 46.5 Å². The second-order valence-electron chi connectivity index (χ2n) is 4.26. The number of carbonyl (C=O) groups excluding carboxylic acids is 1. The van der Waals surface area contributed by atoms with Crippen LogP contribution in [-0.4, -0.2) is 24.1 Å². The van der Waals surface area contributed by atoms with Crippen LogP contribution in [-0.2, 0) is 11.2 Å². The molecular weight excluding hydrogens is 216 g/mol. The Labute approximate surface area is 102 Å². The van der Waals surface area contributed by atoms with Gasteiger partial charge in [-0.25, -0.2) is 0 Å². The number of benzene rings is 1. The van der Waals surface area contributed by atoms with E-state index in [4.69, 9.17) is 4.74 Å². The summed E-state index contributed by atoms with van der Waals surface area (Å²) in [6.45, 7) is 3.92. The predicted molar refractivity (Wildman–Crippen MR) is 67.4 cm³/mol. The number of rotatable bonds is 6. The van der Waals surface area contributed by atoms with Crippen molar-refractivity contribution in [2.24, 2.45) is 0 Å². The number of aliphatic hydroxyl groups excluding tert-OH is 1. The molecule has 17 heavy (non-hydrogen) atoms. The number of hydrogen-bond donors (Lipinski definition) is 1. The van der Waals surface area contributed by atoms with Crippen LogP contribution < -0.4 is 4.74 Å². The van der Waals surface area contributed by atoms with Gasteiger partial charge in [-0.05, 0) is 19.4 Å². The fourth-order valence-corrected chi connectivity index (χ4v) is 1.79. The van der Waals surface area contributed by atoms with Gasteiger partial charge in [0.1, 0.15) is 11.9 Å². The molecule has 0 aliphatic heterocycles. The SMILES string of the molecule is CCCC(O)C(=O)Cc1cc(C)ccc1OC. The highest BCUT2D eigenvalue weighted by molar-refractivity contribution is 5.85. The minimum Gasteiger partial charge on any atom is -0.496 e. The quantitative estimate of drug-likeness (QED) is 0.824. The summed E-state index contributed by atoms with van der Waals surface area (Å²) in [5.41, 5.74) is 1.92. The molecule has 94 valence electrons. The Morgan fingerprint density at radius 3 is 2.76 bits per heavy atom. The third-order valence-corrected chi connectivity index (χ3v) is 2.73. The van der Waals surface area contributed by atoms with Gasteiger partial charge in [0.05, 0.1) is 7.11 Å². The monoisotopic (exact) mass is 236 g/mol. The molecule has 3 nitrogen and oxygen atoms in total. The standard InChI is InChI=1S/C14H20O3/c1-4-5-12(15)13(16)9-11-8-10(2)6-7-14(11)17-3/h6-8,12,15H,4-5,9H2,1-3H3. The van der Waals surface area contributed by atoms with Crippen LogP contribution in [0, 0.1) is 6.92 Å². The predicted octanol–water partition coefficient (Wildman–Crippen LogP) is 2.28. The molecule has 1 N–H and O–H groups in total. The molecule has 0 spiro atoms. The van der Waals surface area contributed by atoms with Crippen molar-refractivity contribution in [1.29, 1.82) is 0 Å². The average Bonchev–Trinajstić information content (AvgIpc) is 2.29. The van der Waals surface area contributed by atoms with Crippen molar-refractivity contribution < 1.29 is 14.6 Å². The lowest BCUT2D eigenvalue weighted by molar-refractivity contribution is -0.126. The van der Waals surface area contributed by atoms with E-state index in [0.717, 1.165) is 17.5 Å². The highest BCUT2D eigenvalue weighted by Gasteiger charge is 2.16. The van der Waals surface area contributed by atoms with Crippen LogP contribution in [0.4, 0.5) is 0 Å². The maximum Gasteiger partial charge on any atom is 0.165 e. The van der Waals surface area contributed by atoms with Crippen LogP contribution >= 0.6 is 0 Å². The Balaban J connectivity index is 2.79. The zero-order valence-electron chi connectivity index (χ0n) is 10.7. The maximum absolute atomic E-state index is 11.8. The average molecular weight is 236 g/mol. The summed E-state index contributed by atoms with van der Waals surface area (Å²) in [6.07, 6.45) is 0.696. The van der Waals surface area contributed by atoms with Crippen molar-refractivity contribution >= 4 is 5.78 Å². The summed E-state index contributed by atoms with van der Waals surface area (Å²) in [7, 11) is 1.58. The minimum absolute atomic E-state index is 0.143. The summed E-state index contributed by atoms with van der Waals surface area (Å²) in [4.78, 5) is 11.8. The first-order valence-electron chi connectivity index (χ1n) is 5.92. The lowest BCUT2D eigenvalue weighted by Crippen LogP contribution is -2.22. The number of ketones is 1. The van der Waals surface area contributed by atoms with Gasteiger partial charge in [-0.15, -0.1) is 0 Å². The van der Waals surface area contributed by atoms with Gasteiger partial charge in [0.25, 0.3) is 0 Å². The number of Topliss-reactive ketones (excluding diaryl/α,β-unsaturated/α-hetero) is 1. The van der Waals surface area contributed by atoms with Crippen molar-refractivity contribution in [3.63, 3.8) is 0 Å². The Bertz CT molecular complexity index is 385. The van der Waals surface area contributed by atoms with Crippen LogP contribution in [0.3, 0.4) is 0 Å². The van der Waals surface area contributed by atoms with Crippen molar-refractivity contribution in [3.05, 3.63) is 29.3 Å². The normalized spacial score (nSPS) is 12.2. The Kier molecular flexibility index (Phi) is 5.16. The third-order valence-electron chi connectivity index (χ3n) is 2.73. The van der Waals surface area contributed by atoms with Gasteiger partial charge < -0.3 is 9.84 Å². The molecular formula is C14H20O3. The van der Waals surface area contributed by atoms with Crippen molar-refractivity contribution in [3.8, 4) is 5.75 Å². The summed E-state index contributed by atoms with van der Waals surface area (Å²) in [5, 5.41) is 9.62. The highest BCUT2D eigenvalue weighted by atomic mass is 16.5. The van der Waals surface area contributed by atoms with E-state index in [2.05, 4.69) is 0 Å². The van der Waals surface area contributed by atoms with Gasteiger partial charge >= 0.3 is 0 Å². The van der Waals surface area contributed by atoms with Crippen LogP contribution in [0.5, 0.6) is 5.75 Å². The van der Waals surface area contributed by atoms with Gasteiger partial charge in [0.15, 0.2) is 5.78 Å². The first-order valence-corrected chi connectivity index (χ1v) is 5.92. The molecule has 0 bridgehead atoms. The van der Waals surface area contributed by atoms with E-state index in [1.54, 1.807) is 7.11 Å². The molecule has 0 saturated heterocycles. The molecule has 1 atom stereocenters. The first-order chi connectivity index (χ1) is 8.08. The Morgan fingerprint density at radius 1 is 1.47 bits per heavy atom. The smallest absolute Gasteiger partial charge is 0.165 e. The van der Waals surface area contributed by atoms with Crippen molar-refractivity contribution in [1.82, 2.24) is 0 Å². The van der Waals surface area contributed by atoms with Crippen LogP contribution in [0.25, 0.3) is 0 Å². The fraction of sp³-hybridized carbons (Fsp3) is 0.500. The van der Waals surface area contributed by atoms with E-state index in [1.807, 2.05) is 32.0 Å². The van der Waals surface area contributed by atoms with E-state index >= 15 is 0 Å². The van der Waals surface area contributed by atoms with Crippen molar-refractivity contribution in [2.45, 2.75) is 39.2 Å². The van der Waals surface area contributed by atoms with Crippen LogP contribution in [0.1, 0.15) is 30.9 Å². The van der Waals surface area contributed by atoms with E-state index < -0.39 is 6.10 Å². The molecule has 0 aliphatic rings. The summed E-state index contributed by atoms with van der Waals surface area (Å²) in [5.74, 6) is 0.559. The zero-order chi connectivity index (χ0) is 12.8. The summed E-state index contributed by atoms with van der Waals surface area (Å²) >= 11 is 0. The first kappa shape index (κ1) is 13.7. The number of aryl methyl sites for hydroxylation is 1. The molecule has 3 heteroatoms. The fourth-order valence-electron chi connectivity index (χ4n) is 1.79. The van der Waals surface area contributed by atoms with E-state index in [-0.39, 0.29) is 12.2 Å². The maximum atomic E-state index is 11.8. The third kappa shape index (κ3) is 3.86. The highest BCUT2D eigenvalue weighted by Crippen LogP contribution is 2.21. The zero-order valence-corrected chi connectivity index (χ0v) is 10.7. The molecule has 0 heterocycles. The molecule has 0 saturated carbocycles. The second-order valence-corrected chi connectivity index (χ2v) is 4.26. The van der Waals surface area contributed by atoms with E-state index in [9.17, 15) is 9.90 Å². The molecule has 1 rings (SSSR count). The minimum atomic E-state index is -0.856. The second kappa shape index (κ2) is 6.40. The largest absolute Gasteiger partial charge is 0.496 e. The molecule has 1 unspecified atom stereocenters. The summed E-state index contributed by atoms with van der Waals surface area (Å²) in [6, 6.07) is 5.72. The van der Waals surface area contributed by atoms with E-state index in [0.29, 0.717) is 12.2 Å². The molecule has 0 amide bonds. The van der Waals surface area contributed by atoms with Gasteiger partial charge in [-0.1, -0.05) is 31.0 Å². The van der Waals surface area contributed by atoms with Gasteiger partial charge in [0.2, 0.25) is 0 Å². The number of carbonyl (C=O) groups is 1. The molecule has 0 radical (unpaired) electrons. The lowest BCUT2D eigenvalue weighted by atomic mass is 10.0. The van der Waals surface area contributed by atoms with Crippen LogP contribution in [0.15, 0.2) is 18.2 Å². The number of aliphatic hydroxyl groups is 1. The van der Waals surface area contributed by atoms with Gasteiger partial charge in [-0.3, -0.25) is 4.79 Å². The molecule has 0 fully saturated rings. The number of hydrogen-bond acceptors (Lipinski definition) is 3. The Hall–Kier alpha value is -1.35.